The van der Waals surface area contributed by atoms with E-state index in [0.29, 0.717) is 18.4 Å². The average molecular weight is 427 g/mol. The third-order valence-corrected chi connectivity index (χ3v) is 7.94. The molecular weight excluding hydrogens is 388 g/mol. The Morgan fingerprint density at radius 3 is 2.26 bits per heavy atom. The van der Waals surface area contributed by atoms with Crippen molar-refractivity contribution >= 4 is 5.91 Å². The Bertz CT molecular complexity index is 836. The number of amides is 1. The molecule has 170 valence electrons. The molecule has 4 aliphatic heterocycles. The van der Waals surface area contributed by atoms with Gasteiger partial charge in [0.2, 0.25) is 5.91 Å². The molecule has 0 N–H and O–H groups in total. The van der Waals surface area contributed by atoms with Gasteiger partial charge in [-0.3, -0.25) is 19.4 Å². The van der Waals surface area contributed by atoms with E-state index in [1.165, 1.54) is 44.9 Å². The number of carbonyl (C=O) groups excluding carboxylic acids is 1. The fraction of sp³-hybridized carbons (Fsp3) is 0.760. The normalized spacial score (nSPS) is 27.5. The number of piperidine rings is 2. The third kappa shape index (κ3) is 4.75. The zero-order valence-corrected chi connectivity index (χ0v) is 18.9. The molecule has 1 aromatic heterocycles. The molecule has 31 heavy (non-hydrogen) atoms. The largest absolute Gasteiger partial charge is 0.341 e. The van der Waals surface area contributed by atoms with Crippen molar-refractivity contribution in [2.75, 3.05) is 45.8 Å². The number of pyridine rings is 1. The minimum Gasteiger partial charge on any atom is -0.341 e. The lowest BCUT2D eigenvalue weighted by Gasteiger charge is -2.43. The van der Waals surface area contributed by atoms with Crippen molar-refractivity contribution in [3.8, 4) is 0 Å². The lowest BCUT2D eigenvalue weighted by molar-refractivity contribution is -0.135. The predicted molar refractivity (Wildman–Crippen MR) is 122 cm³/mol. The maximum absolute atomic E-state index is 13.3. The van der Waals surface area contributed by atoms with E-state index in [9.17, 15) is 9.59 Å². The van der Waals surface area contributed by atoms with Gasteiger partial charge in [0.1, 0.15) is 0 Å². The van der Waals surface area contributed by atoms with Crippen molar-refractivity contribution < 1.29 is 4.79 Å². The highest BCUT2D eigenvalue weighted by atomic mass is 16.2. The Hall–Kier alpha value is -1.66. The van der Waals surface area contributed by atoms with Crippen LogP contribution < -0.4 is 5.56 Å². The Morgan fingerprint density at radius 2 is 1.52 bits per heavy atom. The third-order valence-electron chi connectivity index (χ3n) is 7.94. The molecule has 1 aromatic rings. The quantitative estimate of drug-likeness (QED) is 0.743. The standard InChI is InChI=1S/C25H38N4O2/c30-24(19-27-12-4-1-2-5-13-27)28-15-20-14-22(18-28)23-9-8-21(25(31)29(23)16-20)17-26-10-6-3-7-11-26/h8-9,20,22H,1-7,10-19H2/t20-,22+/m0/s1. The van der Waals surface area contributed by atoms with Gasteiger partial charge >= 0.3 is 0 Å². The molecule has 1 amide bonds. The maximum Gasteiger partial charge on any atom is 0.255 e. The molecule has 0 aromatic carbocycles. The first-order valence-corrected chi connectivity index (χ1v) is 12.6. The van der Waals surface area contributed by atoms with Crippen molar-refractivity contribution in [1.82, 2.24) is 19.3 Å². The summed E-state index contributed by atoms with van der Waals surface area (Å²) in [5.74, 6) is 0.994. The first-order chi connectivity index (χ1) is 15.2. The minimum atomic E-state index is 0.210. The highest BCUT2D eigenvalue weighted by molar-refractivity contribution is 5.78. The molecule has 6 heteroatoms. The predicted octanol–water partition coefficient (Wildman–Crippen LogP) is 2.66. The van der Waals surface area contributed by atoms with Gasteiger partial charge < -0.3 is 9.47 Å². The van der Waals surface area contributed by atoms with Crippen LogP contribution in [0.15, 0.2) is 16.9 Å². The Labute approximate surface area is 186 Å². The average Bonchev–Trinajstić information content (AvgIpc) is 3.05. The van der Waals surface area contributed by atoms with Crippen LogP contribution in [-0.2, 0) is 17.9 Å². The molecule has 0 spiro atoms. The fourth-order valence-corrected chi connectivity index (χ4v) is 6.26. The molecule has 6 nitrogen and oxygen atoms in total. The van der Waals surface area contributed by atoms with E-state index < -0.39 is 0 Å². The molecule has 2 atom stereocenters. The van der Waals surface area contributed by atoms with Gasteiger partial charge in [0.15, 0.2) is 0 Å². The molecule has 0 unspecified atom stereocenters. The van der Waals surface area contributed by atoms with E-state index >= 15 is 0 Å². The van der Waals surface area contributed by atoms with E-state index in [1.807, 2.05) is 0 Å². The van der Waals surface area contributed by atoms with Crippen LogP contribution >= 0.6 is 0 Å². The summed E-state index contributed by atoms with van der Waals surface area (Å²) in [5.41, 5.74) is 2.30. The number of aromatic nitrogens is 1. The van der Waals surface area contributed by atoms with Crippen LogP contribution in [-0.4, -0.2) is 71.0 Å². The second-order valence-electron chi connectivity index (χ2n) is 10.3. The molecule has 0 aliphatic carbocycles. The molecule has 0 saturated carbocycles. The van der Waals surface area contributed by atoms with Crippen molar-refractivity contribution in [2.45, 2.75) is 70.4 Å². The van der Waals surface area contributed by atoms with E-state index in [-0.39, 0.29) is 11.5 Å². The Kier molecular flexibility index (Phi) is 6.46. The van der Waals surface area contributed by atoms with Crippen LogP contribution in [0.4, 0.5) is 0 Å². The number of likely N-dealkylation sites (tertiary alicyclic amines) is 3. The van der Waals surface area contributed by atoms with Gasteiger partial charge in [-0.2, -0.15) is 0 Å². The Balaban J connectivity index is 1.27. The van der Waals surface area contributed by atoms with Gasteiger partial charge in [-0.1, -0.05) is 25.3 Å². The molecular formula is C25H38N4O2. The van der Waals surface area contributed by atoms with Crippen LogP contribution in [0.1, 0.15) is 68.5 Å². The van der Waals surface area contributed by atoms with Gasteiger partial charge in [0.25, 0.3) is 5.56 Å². The van der Waals surface area contributed by atoms with Crippen molar-refractivity contribution in [3.63, 3.8) is 0 Å². The van der Waals surface area contributed by atoms with Gasteiger partial charge in [0, 0.05) is 43.4 Å². The van der Waals surface area contributed by atoms with Crippen molar-refractivity contribution in [3.05, 3.63) is 33.7 Å². The zero-order valence-electron chi connectivity index (χ0n) is 18.9. The van der Waals surface area contributed by atoms with E-state index in [2.05, 4.69) is 31.4 Å². The van der Waals surface area contributed by atoms with Crippen LogP contribution in [0, 0.1) is 5.92 Å². The van der Waals surface area contributed by atoms with E-state index in [1.54, 1.807) is 0 Å². The zero-order chi connectivity index (χ0) is 21.2. The lowest BCUT2D eigenvalue weighted by Crippen LogP contribution is -2.51. The molecule has 5 rings (SSSR count). The van der Waals surface area contributed by atoms with Gasteiger partial charge in [-0.15, -0.1) is 0 Å². The summed E-state index contributed by atoms with van der Waals surface area (Å²) < 4.78 is 2.05. The lowest BCUT2D eigenvalue weighted by atomic mass is 9.83. The summed E-state index contributed by atoms with van der Waals surface area (Å²) in [6.45, 7) is 8.05. The second kappa shape index (κ2) is 9.45. The van der Waals surface area contributed by atoms with Crippen LogP contribution in [0.3, 0.4) is 0 Å². The smallest absolute Gasteiger partial charge is 0.255 e. The second-order valence-corrected chi connectivity index (χ2v) is 10.3. The highest BCUT2D eigenvalue weighted by Gasteiger charge is 2.37. The number of hydrogen-bond acceptors (Lipinski definition) is 4. The first kappa shape index (κ1) is 21.2. The number of nitrogens with zero attached hydrogens (tertiary/aromatic N) is 4. The summed E-state index contributed by atoms with van der Waals surface area (Å²) in [7, 11) is 0. The monoisotopic (exact) mass is 426 g/mol. The first-order valence-electron chi connectivity index (χ1n) is 12.6. The van der Waals surface area contributed by atoms with E-state index in [4.69, 9.17) is 0 Å². The van der Waals surface area contributed by atoms with Gasteiger partial charge in [-0.05, 0) is 70.3 Å². The molecule has 0 radical (unpaired) electrons. The number of carbonyl (C=O) groups is 1. The van der Waals surface area contributed by atoms with Gasteiger partial charge in [0.05, 0.1) is 6.54 Å². The SMILES string of the molecule is O=C(CN1CCCCCC1)N1C[C@@H]2C[C@H](C1)c1ccc(CN3CCCCC3)c(=O)n1C2. The molecule has 3 fully saturated rings. The van der Waals surface area contributed by atoms with Crippen molar-refractivity contribution in [2.24, 2.45) is 5.92 Å². The van der Waals surface area contributed by atoms with Crippen LogP contribution in [0.2, 0.25) is 0 Å². The molecule has 2 bridgehead atoms. The van der Waals surface area contributed by atoms with Gasteiger partial charge in [-0.25, -0.2) is 0 Å². The summed E-state index contributed by atoms with van der Waals surface area (Å²) >= 11 is 0. The summed E-state index contributed by atoms with van der Waals surface area (Å²) in [6.07, 6.45) is 9.95. The van der Waals surface area contributed by atoms with E-state index in [0.717, 1.165) is 70.0 Å². The fourth-order valence-electron chi connectivity index (χ4n) is 6.26. The topological polar surface area (TPSA) is 48.8 Å². The number of hydrogen-bond donors (Lipinski definition) is 0. The molecule has 5 heterocycles. The summed E-state index contributed by atoms with van der Waals surface area (Å²) in [4.78, 5) is 33.2. The summed E-state index contributed by atoms with van der Waals surface area (Å²) in [6, 6.07) is 4.26. The highest BCUT2D eigenvalue weighted by Crippen LogP contribution is 2.35. The number of fused-ring (bicyclic) bond motifs is 4. The molecule has 4 aliphatic rings. The molecule has 3 saturated heterocycles. The maximum atomic E-state index is 13.3. The Morgan fingerprint density at radius 1 is 0.839 bits per heavy atom. The number of rotatable bonds is 4. The minimum absolute atomic E-state index is 0.210. The van der Waals surface area contributed by atoms with Crippen LogP contribution in [0.25, 0.3) is 0 Å². The van der Waals surface area contributed by atoms with Crippen molar-refractivity contribution in [1.29, 1.82) is 0 Å². The summed E-state index contributed by atoms with van der Waals surface area (Å²) in [5, 5.41) is 0. The van der Waals surface area contributed by atoms with Crippen LogP contribution in [0.5, 0.6) is 0 Å².